The molecule has 1 aromatic carbocycles. The molecule has 0 saturated carbocycles. The number of aliphatic carboxylic acids is 1. The fourth-order valence-electron chi connectivity index (χ4n) is 1.52. The van der Waals surface area contributed by atoms with Gasteiger partial charge in [-0.25, -0.2) is 0 Å². The standard InChI is InChI=1S/C12H12F4O3/c1-2-9(10(17)18)7-3-5-8(6-4-7)19-12(15,16)11(13)14/h3-6,9,11H,2H2,1H3,(H,17,18). The summed E-state index contributed by atoms with van der Waals surface area (Å²) in [6, 6.07) is 4.60. The zero-order valence-electron chi connectivity index (χ0n) is 9.95. The predicted octanol–water partition coefficient (Wildman–Crippen LogP) is 3.50. The van der Waals surface area contributed by atoms with Gasteiger partial charge in [-0.1, -0.05) is 19.1 Å². The van der Waals surface area contributed by atoms with Gasteiger partial charge in [0.15, 0.2) is 0 Å². The van der Waals surface area contributed by atoms with Crippen molar-refractivity contribution in [1.29, 1.82) is 0 Å². The maximum absolute atomic E-state index is 12.6. The molecule has 19 heavy (non-hydrogen) atoms. The summed E-state index contributed by atoms with van der Waals surface area (Å²) in [4.78, 5) is 10.9. The van der Waals surface area contributed by atoms with Crippen LogP contribution in [0.15, 0.2) is 24.3 Å². The Balaban J connectivity index is 2.85. The highest BCUT2D eigenvalue weighted by Gasteiger charge is 2.43. The van der Waals surface area contributed by atoms with E-state index in [2.05, 4.69) is 4.74 Å². The molecule has 0 aromatic heterocycles. The molecule has 1 rings (SSSR count). The summed E-state index contributed by atoms with van der Waals surface area (Å²) in [6.45, 7) is 1.66. The number of carboxylic acids is 1. The summed E-state index contributed by atoms with van der Waals surface area (Å²) in [5, 5.41) is 8.90. The highest BCUT2D eigenvalue weighted by atomic mass is 19.3. The minimum Gasteiger partial charge on any atom is -0.481 e. The van der Waals surface area contributed by atoms with Crippen molar-refractivity contribution in [2.24, 2.45) is 0 Å². The Morgan fingerprint density at radius 2 is 1.84 bits per heavy atom. The highest BCUT2D eigenvalue weighted by molar-refractivity contribution is 5.76. The smallest absolute Gasteiger partial charge is 0.461 e. The van der Waals surface area contributed by atoms with E-state index in [0.29, 0.717) is 12.0 Å². The zero-order valence-corrected chi connectivity index (χ0v) is 9.95. The number of ether oxygens (including phenoxy) is 1. The molecule has 0 amide bonds. The van der Waals surface area contributed by atoms with Gasteiger partial charge >= 0.3 is 18.5 Å². The molecular weight excluding hydrogens is 268 g/mol. The van der Waals surface area contributed by atoms with Crippen molar-refractivity contribution < 1.29 is 32.2 Å². The third kappa shape index (κ3) is 3.84. The fourth-order valence-corrected chi connectivity index (χ4v) is 1.52. The van der Waals surface area contributed by atoms with Gasteiger partial charge in [0.1, 0.15) is 5.75 Å². The second-order valence-electron chi connectivity index (χ2n) is 3.83. The number of hydrogen-bond donors (Lipinski definition) is 1. The highest BCUT2D eigenvalue weighted by Crippen LogP contribution is 2.29. The predicted molar refractivity (Wildman–Crippen MR) is 58.7 cm³/mol. The number of carbonyl (C=O) groups is 1. The molecule has 106 valence electrons. The lowest BCUT2D eigenvalue weighted by atomic mass is 9.97. The molecule has 3 nitrogen and oxygen atoms in total. The Morgan fingerprint density at radius 1 is 1.32 bits per heavy atom. The normalized spacial score (nSPS) is 13.4. The van der Waals surface area contributed by atoms with Gasteiger partial charge in [0, 0.05) is 0 Å². The molecule has 7 heteroatoms. The van der Waals surface area contributed by atoms with Crippen molar-refractivity contribution >= 4 is 5.97 Å². The van der Waals surface area contributed by atoms with Gasteiger partial charge < -0.3 is 9.84 Å². The van der Waals surface area contributed by atoms with Gasteiger partial charge in [-0.3, -0.25) is 4.79 Å². The van der Waals surface area contributed by atoms with Crippen LogP contribution in [-0.4, -0.2) is 23.6 Å². The minimum atomic E-state index is -4.57. The average Bonchev–Trinajstić information content (AvgIpc) is 2.31. The van der Waals surface area contributed by atoms with Crippen LogP contribution in [0.3, 0.4) is 0 Å². The van der Waals surface area contributed by atoms with Crippen LogP contribution in [0.1, 0.15) is 24.8 Å². The van der Waals surface area contributed by atoms with Crippen molar-refractivity contribution in [3.63, 3.8) is 0 Å². The van der Waals surface area contributed by atoms with Crippen molar-refractivity contribution in [2.75, 3.05) is 0 Å². The molecule has 0 aliphatic rings. The van der Waals surface area contributed by atoms with Crippen LogP contribution in [-0.2, 0) is 4.79 Å². The lowest BCUT2D eigenvalue weighted by Gasteiger charge is -2.17. The second-order valence-corrected chi connectivity index (χ2v) is 3.83. The number of benzene rings is 1. The Bertz CT molecular complexity index is 431. The zero-order chi connectivity index (χ0) is 14.6. The van der Waals surface area contributed by atoms with Crippen LogP contribution in [0.4, 0.5) is 17.6 Å². The van der Waals surface area contributed by atoms with E-state index in [0.717, 1.165) is 12.1 Å². The Labute approximate surface area is 106 Å². The number of alkyl halides is 4. The molecule has 0 spiro atoms. The van der Waals surface area contributed by atoms with E-state index in [-0.39, 0.29) is 0 Å². The SMILES string of the molecule is CCC(C(=O)O)c1ccc(OC(F)(F)C(F)F)cc1. The molecule has 1 atom stereocenters. The van der Waals surface area contributed by atoms with Crippen LogP contribution in [0.25, 0.3) is 0 Å². The fraction of sp³-hybridized carbons (Fsp3) is 0.417. The molecule has 1 aromatic rings. The first kappa shape index (κ1) is 15.3. The van der Waals surface area contributed by atoms with E-state index in [4.69, 9.17) is 5.11 Å². The summed E-state index contributed by atoms with van der Waals surface area (Å²) >= 11 is 0. The van der Waals surface area contributed by atoms with Crippen molar-refractivity contribution in [3.8, 4) is 5.75 Å². The quantitative estimate of drug-likeness (QED) is 0.811. The summed E-state index contributed by atoms with van der Waals surface area (Å²) in [5.41, 5.74) is 0.391. The molecule has 0 heterocycles. The van der Waals surface area contributed by atoms with Crippen LogP contribution in [0, 0.1) is 0 Å². The van der Waals surface area contributed by atoms with E-state index >= 15 is 0 Å². The van der Waals surface area contributed by atoms with E-state index in [9.17, 15) is 22.4 Å². The van der Waals surface area contributed by atoms with Gasteiger partial charge in [-0.2, -0.15) is 17.6 Å². The Hall–Kier alpha value is -1.79. The van der Waals surface area contributed by atoms with Crippen LogP contribution >= 0.6 is 0 Å². The Kier molecular flexibility index (Phi) is 4.74. The van der Waals surface area contributed by atoms with Gasteiger partial charge in [-0.15, -0.1) is 0 Å². The topological polar surface area (TPSA) is 46.5 Å². The monoisotopic (exact) mass is 280 g/mol. The van der Waals surface area contributed by atoms with Gasteiger partial charge in [0.2, 0.25) is 0 Å². The van der Waals surface area contributed by atoms with E-state index in [1.54, 1.807) is 6.92 Å². The van der Waals surface area contributed by atoms with Gasteiger partial charge in [0.05, 0.1) is 5.92 Å². The van der Waals surface area contributed by atoms with E-state index < -0.39 is 30.2 Å². The molecular formula is C12H12F4O3. The number of hydrogen-bond acceptors (Lipinski definition) is 2. The number of rotatable bonds is 6. The molecule has 0 aliphatic carbocycles. The molecule has 0 radical (unpaired) electrons. The Morgan fingerprint density at radius 3 is 2.21 bits per heavy atom. The maximum Gasteiger partial charge on any atom is 0.461 e. The van der Waals surface area contributed by atoms with Crippen LogP contribution in [0.5, 0.6) is 5.75 Å². The third-order valence-corrected chi connectivity index (χ3v) is 2.50. The summed E-state index contributed by atoms with van der Waals surface area (Å²) in [5.74, 6) is -2.27. The first-order valence-corrected chi connectivity index (χ1v) is 5.45. The van der Waals surface area contributed by atoms with Gasteiger partial charge in [-0.05, 0) is 24.1 Å². The third-order valence-electron chi connectivity index (χ3n) is 2.50. The largest absolute Gasteiger partial charge is 0.481 e. The number of halogens is 4. The minimum absolute atomic E-state index is 0.322. The van der Waals surface area contributed by atoms with Crippen molar-refractivity contribution in [1.82, 2.24) is 0 Å². The van der Waals surface area contributed by atoms with E-state index in [1.165, 1.54) is 12.1 Å². The lowest BCUT2D eigenvalue weighted by Crippen LogP contribution is -2.33. The average molecular weight is 280 g/mol. The summed E-state index contributed by atoms with van der Waals surface area (Å²) in [6.07, 6.45) is -8.18. The second kappa shape index (κ2) is 5.90. The molecule has 1 N–H and O–H groups in total. The molecule has 0 saturated heterocycles. The first-order chi connectivity index (χ1) is 8.77. The summed E-state index contributed by atoms with van der Waals surface area (Å²) < 4.78 is 52.9. The van der Waals surface area contributed by atoms with Crippen LogP contribution < -0.4 is 4.74 Å². The van der Waals surface area contributed by atoms with Crippen molar-refractivity contribution in [2.45, 2.75) is 31.8 Å². The van der Waals surface area contributed by atoms with Crippen LogP contribution in [0.2, 0.25) is 0 Å². The molecule has 0 fully saturated rings. The molecule has 0 bridgehead atoms. The maximum atomic E-state index is 12.6. The number of carboxylic acid groups (broad SMARTS) is 1. The lowest BCUT2D eigenvalue weighted by molar-refractivity contribution is -0.253. The molecule has 0 aliphatic heterocycles. The van der Waals surface area contributed by atoms with Gasteiger partial charge in [0.25, 0.3) is 0 Å². The summed E-state index contributed by atoms with van der Waals surface area (Å²) in [7, 11) is 0. The first-order valence-electron chi connectivity index (χ1n) is 5.45. The molecule has 1 unspecified atom stereocenters. The van der Waals surface area contributed by atoms with E-state index in [1.807, 2.05) is 0 Å². The van der Waals surface area contributed by atoms with Crippen molar-refractivity contribution in [3.05, 3.63) is 29.8 Å².